The van der Waals surface area contributed by atoms with Crippen molar-refractivity contribution >= 4 is 11.5 Å². The van der Waals surface area contributed by atoms with Crippen LogP contribution in [0.4, 0.5) is 0 Å². The van der Waals surface area contributed by atoms with Crippen LogP contribution in [0.25, 0.3) is 16.8 Å². The molecule has 1 fully saturated rings. The highest BCUT2D eigenvalue weighted by Gasteiger charge is 2.27. The largest absolute Gasteiger partial charge is 0.496 e. The average Bonchev–Trinajstić information content (AvgIpc) is 3.30. The Morgan fingerprint density at radius 1 is 1.21 bits per heavy atom. The standard InChI is InChI=1S/C30H42N4O4/c1-6-7-20(2)38-27(35)19-23-8-9-24(18-26(23)37-5)28-29-21(3)31-14-16-34(29)30(33-28)22-10-12-25(13-11-22)32-15-17-36-4/h8-9,14,16,18,20,22,25,32H,6-7,10-13,15,17,19H2,1-5H3/t20-,22?,25?/m0/s1. The predicted molar refractivity (Wildman–Crippen MR) is 149 cm³/mol. The number of benzene rings is 1. The summed E-state index contributed by atoms with van der Waals surface area (Å²) >= 11 is 0. The van der Waals surface area contributed by atoms with E-state index in [1.807, 2.05) is 44.4 Å². The van der Waals surface area contributed by atoms with E-state index in [4.69, 9.17) is 19.2 Å². The molecule has 0 saturated heterocycles. The number of hydrogen-bond donors (Lipinski definition) is 1. The maximum absolute atomic E-state index is 12.5. The molecule has 1 N–H and O–H groups in total. The second kappa shape index (κ2) is 13.2. The number of esters is 1. The lowest BCUT2D eigenvalue weighted by Crippen LogP contribution is -2.35. The topological polar surface area (TPSA) is 87.0 Å². The lowest BCUT2D eigenvalue weighted by atomic mass is 9.85. The number of rotatable bonds is 12. The molecule has 8 nitrogen and oxygen atoms in total. The van der Waals surface area contributed by atoms with Crippen LogP contribution in [0.2, 0.25) is 0 Å². The van der Waals surface area contributed by atoms with Gasteiger partial charge >= 0.3 is 5.97 Å². The Morgan fingerprint density at radius 3 is 2.71 bits per heavy atom. The van der Waals surface area contributed by atoms with E-state index in [2.05, 4.69) is 21.6 Å². The van der Waals surface area contributed by atoms with Gasteiger partial charge in [-0.2, -0.15) is 0 Å². The minimum Gasteiger partial charge on any atom is -0.496 e. The van der Waals surface area contributed by atoms with Crippen LogP contribution in [0, 0.1) is 6.92 Å². The van der Waals surface area contributed by atoms with Crippen LogP contribution in [0.3, 0.4) is 0 Å². The molecular formula is C30H42N4O4. The number of imidazole rings is 1. The van der Waals surface area contributed by atoms with Crippen LogP contribution in [0.15, 0.2) is 30.6 Å². The fraction of sp³-hybridized carbons (Fsp3) is 0.567. The monoisotopic (exact) mass is 522 g/mol. The maximum atomic E-state index is 12.5. The summed E-state index contributed by atoms with van der Waals surface area (Å²) in [6.45, 7) is 7.67. The van der Waals surface area contributed by atoms with Crippen molar-refractivity contribution in [2.45, 2.75) is 83.8 Å². The molecular weight excluding hydrogens is 480 g/mol. The zero-order valence-electron chi connectivity index (χ0n) is 23.5. The third-order valence-electron chi connectivity index (χ3n) is 7.52. The predicted octanol–water partition coefficient (Wildman–Crippen LogP) is 5.25. The van der Waals surface area contributed by atoms with Gasteiger partial charge in [0.15, 0.2) is 0 Å². The van der Waals surface area contributed by atoms with E-state index in [1.54, 1.807) is 14.2 Å². The molecule has 0 radical (unpaired) electrons. The van der Waals surface area contributed by atoms with Gasteiger partial charge in [-0.25, -0.2) is 4.98 Å². The number of hydrogen-bond acceptors (Lipinski definition) is 7. The number of ether oxygens (including phenoxy) is 3. The summed E-state index contributed by atoms with van der Waals surface area (Å²) in [5.41, 5.74) is 4.61. The second-order valence-electron chi connectivity index (χ2n) is 10.3. The third-order valence-corrected chi connectivity index (χ3v) is 7.52. The van der Waals surface area contributed by atoms with Crippen LogP contribution < -0.4 is 10.1 Å². The van der Waals surface area contributed by atoms with Crippen LogP contribution in [0.1, 0.15) is 75.4 Å². The van der Waals surface area contributed by atoms with Gasteiger partial charge in [0, 0.05) is 49.1 Å². The summed E-state index contributed by atoms with van der Waals surface area (Å²) in [6, 6.07) is 6.49. The summed E-state index contributed by atoms with van der Waals surface area (Å²) in [6.07, 6.45) is 10.2. The van der Waals surface area contributed by atoms with E-state index < -0.39 is 0 Å². The van der Waals surface area contributed by atoms with Crippen molar-refractivity contribution in [1.29, 1.82) is 0 Å². The van der Waals surface area contributed by atoms with Gasteiger partial charge in [0.25, 0.3) is 0 Å². The molecule has 1 aromatic carbocycles. The Balaban J connectivity index is 1.58. The fourth-order valence-electron chi connectivity index (χ4n) is 5.55. The lowest BCUT2D eigenvalue weighted by Gasteiger charge is -2.28. The molecule has 0 unspecified atom stereocenters. The van der Waals surface area contributed by atoms with Crippen molar-refractivity contribution in [3.63, 3.8) is 0 Å². The molecule has 38 heavy (non-hydrogen) atoms. The molecule has 1 aliphatic carbocycles. The number of aromatic nitrogens is 3. The molecule has 2 aromatic heterocycles. The van der Waals surface area contributed by atoms with E-state index in [0.717, 1.165) is 85.5 Å². The van der Waals surface area contributed by atoms with E-state index in [-0.39, 0.29) is 18.5 Å². The van der Waals surface area contributed by atoms with Crippen LogP contribution in [0.5, 0.6) is 5.75 Å². The number of carbonyl (C=O) groups is 1. The first-order valence-electron chi connectivity index (χ1n) is 13.9. The highest BCUT2D eigenvalue weighted by atomic mass is 16.5. The molecule has 0 aliphatic heterocycles. The fourth-order valence-corrected chi connectivity index (χ4v) is 5.55. The molecule has 2 heterocycles. The Morgan fingerprint density at radius 2 is 2.00 bits per heavy atom. The Kier molecular flexibility index (Phi) is 9.74. The van der Waals surface area contributed by atoms with Crippen molar-refractivity contribution in [3.05, 3.63) is 47.7 Å². The molecule has 1 saturated carbocycles. The van der Waals surface area contributed by atoms with Crippen molar-refractivity contribution in [2.24, 2.45) is 0 Å². The van der Waals surface area contributed by atoms with Gasteiger partial charge in [0.1, 0.15) is 11.6 Å². The molecule has 206 valence electrons. The molecule has 1 atom stereocenters. The Labute approximate surface area is 226 Å². The minimum absolute atomic E-state index is 0.0835. The summed E-state index contributed by atoms with van der Waals surface area (Å²) in [7, 11) is 3.37. The SMILES string of the molecule is CCC[C@H](C)OC(=O)Cc1ccc(-c2nc(C3CCC(NCCOC)CC3)n3ccnc(C)c23)cc1OC. The Hall–Kier alpha value is -2.97. The number of carbonyl (C=O) groups excluding carboxylic acids is 1. The van der Waals surface area contributed by atoms with Crippen LogP contribution >= 0.6 is 0 Å². The first-order chi connectivity index (χ1) is 18.4. The van der Waals surface area contributed by atoms with Crippen molar-refractivity contribution in [2.75, 3.05) is 27.4 Å². The molecule has 0 amide bonds. The molecule has 4 rings (SSSR count). The van der Waals surface area contributed by atoms with Gasteiger partial charge in [-0.15, -0.1) is 0 Å². The number of methoxy groups -OCH3 is 2. The minimum atomic E-state index is -0.237. The average molecular weight is 523 g/mol. The quantitative estimate of drug-likeness (QED) is 0.257. The van der Waals surface area contributed by atoms with E-state index in [1.165, 1.54) is 0 Å². The molecule has 3 aromatic rings. The third kappa shape index (κ3) is 6.53. The zero-order chi connectivity index (χ0) is 27.1. The number of aryl methyl sites for hydroxylation is 1. The molecule has 0 bridgehead atoms. The van der Waals surface area contributed by atoms with Gasteiger partial charge < -0.3 is 19.5 Å². The van der Waals surface area contributed by atoms with Gasteiger partial charge in [-0.1, -0.05) is 25.5 Å². The van der Waals surface area contributed by atoms with Crippen molar-refractivity contribution < 1.29 is 19.0 Å². The number of fused-ring (bicyclic) bond motifs is 1. The highest BCUT2D eigenvalue weighted by molar-refractivity contribution is 5.81. The summed E-state index contributed by atoms with van der Waals surface area (Å²) in [5.74, 6) is 1.90. The summed E-state index contributed by atoms with van der Waals surface area (Å²) in [4.78, 5) is 22.3. The molecule has 0 spiro atoms. The maximum Gasteiger partial charge on any atom is 0.310 e. The zero-order valence-corrected chi connectivity index (χ0v) is 23.5. The summed E-state index contributed by atoms with van der Waals surface area (Å²) in [5, 5.41) is 3.61. The van der Waals surface area contributed by atoms with E-state index in [0.29, 0.717) is 17.7 Å². The van der Waals surface area contributed by atoms with E-state index >= 15 is 0 Å². The molecule has 1 aliphatic rings. The van der Waals surface area contributed by atoms with Crippen LogP contribution in [-0.4, -0.2) is 59.9 Å². The van der Waals surface area contributed by atoms with Crippen molar-refractivity contribution in [3.8, 4) is 17.0 Å². The van der Waals surface area contributed by atoms with E-state index in [9.17, 15) is 4.79 Å². The number of nitrogens with zero attached hydrogens (tertiary/aromatic N) is 3. The highest BCUT2D eigenvalue weighted by Crippen LogP contribution is 2.37. The van der Waals surface area contributed by atoms with Gasteiger partial charge in [-0.3, -0.25) is 14.2 Å². The van der Waals surface area contributed by atoms with Gasteiger partial charge in [0.2, 0.25) is 0 Å². The number of nitrogens with one attached hydrogen (secondary N) is 1. The normalized spacial score (nSPS) is 18.4. The van der Waals surface area contributed by atoms with Gasteiger partial charge in [0.05, 0.1) is 43.1 Å². The smallest absolute Gasteiger partial charge is 0.310 e. The molecule has 8 heteroatoms. The lowest BCUT2D eigenvalue weighted by molar-refractivity contribution is -0.147. The first-order valence-corrected chi connectivity index (χ1v) is 13.9. The van der Waals surface area contributed by atoms with Crippen molar-refractivity contribution in [1.82, 2.24) is 19.7 Å². The Bertz CT molecular complexity index is 1220. The van der Waals surface area contributed by atoms with Crippen LogP contribution in [-0.2, 0) is 20.7 Å². The first kappa shape index (κ1) is 28.0. The van der Waals surface area contributed by atoms with Gasteiger partial charge in [-0.05, 0) is 52.0 Å². The summed E-state index contributed by atoms with van der Waals surface area (Å²) < 4.78 is 18.7. The second-order valence-corrected chi connectivity index (χ2v) is 10.3.